The van der Waals surface area contributed by atoms with E-state index in [-0.39, 0.29) is 44.5 Å². The minimum atomic E-state index is -4.64. The van der Waals surface area contributed by atoms with Gasteiger partial charge in [-0.2, -0.15) is 0 Å². The van der Waals surface area contributed by atoms with Crippen molar-refractivity contribution < 1.29 is 56.3 Å². The summed E-state index contributed by atoms with van der Waals surface area (Å²) in [5.41, 5.74) is 0. The molecule has 0 bridgehead atoms. The first-order valence-electron chi connectivity index (χ1n) is 0.783. The molecule has 0 rings (SSSR count). The van der Waals surface area contributed by atoms with E-state index in [0.717, 1.165) is 0 Å². The van der Waals surface area contributed by atoms with Gasteiger partial charge >= 0.3 is 26.7 Å². The van der Waals surface area contributed by atoms with Gasteiger partial charge in [-0.05, 0) is 0 Å². The topological polar surface area (TPSA) is 77.8 Å². The summed E-state index contributed by atoms with van der Waals surface area (Å²) >= 11 is 0. The van der Waals surface area contributed by atoms with Gasteiger partial charge in [-0.3, -0.25) is 0 Å². The van der Waals surface area contributed by atoms with Crippen molar-refractivity contribution in [3.8, 4) is 0 Å². The quantitative estimate of drug-likeness (QED) is 0.272. The van der Waals surface area contributed by atoms with E-state index in [2.05, 4.69) is 0 Å². The first-order valence-corrected chi connectivity index (χ1v) is 2.35. The van der Waals surface area contributed by atoms with Gasteiger partial charge in [0.2, 0.25) is 0 Å². The fraction of sp³-hybridized carbons (Fsp3) is 1.00. The van der Waals surface area contributed by atoms with E-state index in [4.69, 9.17) is 19.2 Å². The molecule has 0 aromatic carbocycles. The van der Waals surface area contributed by atoms with Gasteiger partial charge in [-0.1, -0.05) is 7.43 Å². The van der Waals surface area contributed by atoms with Gasteiger partial charge in [0.15, 0.2) is 0 Å². The maximum Gasteiger partial charge on any atom is 1.00 e. The average molecular weight is 181 g/mol. The van der Waals surface area contributed by atoms with Crippen LogP contribution in [0, 0.1) is 0 Å². The number of rotatable bonds is 0. The Morgan fingerprint density at radius 1 is 1.25 bits per heavy atom. The molecule has 0 atom stereocenters. The Hall–Kier alpha value is 1.21. The molecule has 0 amide bonds. The second-order valence-electron chi connectivity index (χ2n) is 0.513. The molecule has 0 saturated carbocycles. The van der Waals surface area contributed by atoms with E-state index in [9.17, 15) is 0 Å². The molecule has 0 aliphatic carbocycles. The van der Waals surface area contributed by atoms with Gasteiger partial charge in [0.05, 0.1) is 0 Å². The normalized spacial score (nSPS) is 7.38. The van der Waals surface area contributed by atoms with Crippen molar-refractivity contribution >= 4 is 7.82 Å². The molecule has 8 heavy (non-hydrogen) atoms. The van der Waals surface area contributed by atoms with Crippen LogP contribution in [0.25, 0.3) is 0 Å². The van der Waals surface area contributed by atoms with Gasteiger partial charge in [0.25, 0.3) is 0 Å². The van der Waals surface area contributed by atoms with Crippen LogP contribution in [-0.4, -0.2) is 14.7 Å². The van der Waals surface area contributed by atoms with Crippen molar-refractivity contribution in [2.45, 2.75) is 7.43 Å². The third-order valence-electron chi connectivity index (χ3n) is 0. The van der Waals surface area contributed by atoms with Crippen LogP contribution in [0.3, 0.4) is 0 Å². The van der Waals surface area contributed by atoms with Crippen molar-refractivity contribution in [1.29, 1.82) is 0 Å². The van der Waals surface area contributed by atoms with E-state index in [1.54, 1.807) is 0 Å². The van der Waals surface area contributed by atoms with Gasteiger partial charge in [-0.15, -0.1) is 0 Å². The number of hydrogen-bond donors (Lipinski definition) is 3. The third kappa shape index (κ3) is 189. The van der Waals surface area contributed by atoms with Crippen molar-refractivity contribution in [2.24, 2.45) is 0 Å². The fourth-order valence-electron chi connectivity index (χ4n) is 0. The molecule has 3 N–H and O–H groups in total. The Balaban J connectivity index is -0.0000000133. The Morgan fingerprint density at radius 3 is 1.25 bits per heavy atom. The molecule has 0 aliphatic rings. The SMILES string of the molecule is C.O=P(O)(O)O.[Co].[H-].[Li+]. The van der Waals surface area contributed by atoms with Gasteiger partial charge in [0.1, 0.15) is 0 Å². The average Bonchev–Trinajstić information content (AvgIpc) is 0.722. The van der Waals surface area contributed by atoms with Crippen molar-refractivity contribution in [1.82, 2.24) is 0 Å². The Kier molecular flexibility index (Phi) is 23.5. The van der Waals surface area contributed by atoms with E-state index in [0.29, 0.717) is 0 Å². The molecule has 4 nitrogen and oxygen atoms in total. The Morgan fingerprint density at radius 2 is 1.25 bits per heavy atom. The van der Waals surface area contributed by atoms with Crippen molar-refractivity contribution in [3.05, 3.63) is 0 Å². The zero-order chi connectivity index (χ0) is 4.50. The summed E-state index contributed by atoms with van der Waals surface area (Å²) < 4.78 is 8.88. The maximum absolute atomic E-state index is 8.88. The molecule has 0 aliphatic heterocycles. The summed E-state index contributed by atoms with van der Waals surface area (Å²) in [7, 11) is -4.64. The van der Waals surface area contributed by atoms with Crippen LogP contribution < -0.4 is 18.9 Å². The second-order valence-corrected chi connectivity index (χ2v) is 1.54. The monoisotopic (exact) mass is 181 g/mol. The standard InChI is InChI=1S/CH4.Co.Li.H3O4P.H/c;;;1-5(2,3)4;/h1H4;;;(H3,1,2,3,4);/q;;+1;;-1. The van der Waals surface area contributed by atoms with Crippen LogP contribution in [0.1, 0.15) is 8.85 Å². The summed E-state index contributed by atoms with van der Waals surface area (Å²) in [4.78, 5) is 21.6. The third-order valence-corrected chi connectivity index (χ3v) is 0. The Labute approximate surface area is 71.8 Å². The molecule has 0 saturated heterocycles. The van der Waals surface area contributed by atoms with Crippen LogP contribution in [-0.2, 0) is 21.3 Å². The molecular weight excluding hydrogens is 173 g/mol. The predicted octanol–water partition coefficient (Wildman–Crippen LogP) is -3.18. The first kappa shape index (κ1) is 22.9. The minimum absolute atomic E-state index is 0. The molecule has 51 valence electrons. The van der Waals surface area contributed by atoms with E-state index >= 15 is 0 Å². The van der Waals surface area contributed by atoms with Crippen molar-refractivity contribution in [3.63, 3.8) is 0 Å². The van der Waals surface area contributed by atoms with E-state index < -0.39 is 7.82 Å². The first-order chi connectivity index (χ1) is 2.00. The predicted molar refractivity (Wildman–Crippen MR) is 22.1 cm³/mol. The summed E-state index contributed by atoms with van der Waals surface area (Å²) in [6.45, 7) is 0. The molecule has 1 radical (unpaired) electrons. The summed E-state index contributed by atoms with van der Waals surface area (Å²) in [6.07, 6.45) is 0. The van der Waals surface area contributed by atoms with Crippen LogP contribution in [0.2, 0.25) is 0 Å². The fourth-order valence-corrected chi connectivity index (χ4v) is 0. The van der Waals surface area contributed by atoms with Crippen LogP contribution in [0.5, 0.6) is 0 Å². The van der Waals surface area contributed by atoms with Crippen LogP contribution in [0.4, 0.5) is 0 Å². The minimum Gasteiger partial charge on any atom is -1.00 e. The zero-order valence-electron chi connectivity index (χ0n) is 4.53. The second kappa shape index (κ2) is 8.21. The summed E-state index contributed by atoms with van der Waals surface area (Å²) in [6, 6.07) is 0. The number of phosphoric acid groups is 1. The van der Waals surface area contributed by atoms with Gasteiger partial charge < -0.3 is 16.1 Å². The van der Waals surface area contributed by atoms with Crippen LogP contribution in [0.15, 0.2) is 0 Å². The smallest absolute Gasteiger partial charge is 1.00 e. The molecule has 7 heteroatoms. The van der Waals surface area contributed by atoms with E-state index in [1.165, 1.54) is 0 Å². The molecule has 0 spiro atoms. The zero-order valence-corrected chi connectivity index (χ0v) is 5.47. The molecule has 0 aromatic heterocycles. The molecular formula is CH8CoLiO4P. The molecule has 0 heterocycles. The number of hydrogen-bond acceptors (Lipinski definition) is 1. The Bertz CT molecular complexity index is 66.7. The van der Waals surface area contributed by atoms with Crippen molar-refractivity contribution in [2.75, 3.05) is 0 Å². The van der Waals surface area contributed by atoms with Gasteiger partial charge in [0, 0.05) is 16.8 Å². The molecule has 0 unspecified atom stereocenters. The van der Waals surface area contributed by atoms with Gasteiger partial charge in [-0.25, -0.2) is 4.57 Å². The summed E-state index contributed by atoms with van der Waals surface area (Å²) in [5.74, 6) is 0. The molecule has 0 fully saturated rings. The van der Waals surface area contributed by atoms with E-state index in [1.807, 2.05) is 0 Å². The summed E-state index contributed by atoms with van der Waals surface area (Å²) in [5, 5.41) is 0. The largest absolute Gasteiger partial charge is 1.00 e. The molecule has 0 aromatic rings. The van der Waals surface area contributed by atoms with Crippen LogP contribution >= 0.6 is 7.82 Å². The maximum atomic E-state index is 8.88.